The van der Waals surface area contributed by atoms with Crippen molar-refractivity contribution in [1.29, 1.82) is 0 Å². The van der Waals surface area contributed by atoms with E-state index in [-0.39, 0.29) is 11.9 Å². The average molecular weight is 612 g/mol. The highest BCUT2D eigenvalue weighted by Crippen LogP contribution is 2.33. The van der Waals surface area contributed by atoms with Crippen LogP contribution < -0.4 is 5.32 Å². The highest BCUT2D eigenvalue weighted by atomic mass is 32.2. The molecule has 0 spiro atoms. The first-order valence-electron chi connectivity index (χ1n) is 14.6. The minimum absolute atomic E-state index is 0.161. The number of urea groups is 1. The Kier molecular flexibility index (Phi) is 7.77. The second-order valence-electron chi connectivity index (χ2n) is 10.9. The highest BCUT2D eigenvalue weighted by molar-refractivity contribution is 8.01. The Morgan fingerprint density at radius 3 is 2.23 bits per heavy atom. The van der Waals surface area contributed by atoms with Gasteiger partial charge in [-0.15, -0.1) is 11.3 Å². The normalized spacial score (nSPS) is 21.0. The lowest BCUT2D eigenvalue weighted by atomic mass is 9.96. The summed E-state index contributed by atoms with van der Waals surface area (Å²) in [4.78, 5) is 43.9. The molecule has 2 saturated heterocycles. The summed E-state index contributed by atoms with van der Waals surface area (Å²) in [5, 5.41) is 2.53. The van der Waals surface area contributed by atoms with E-state index in [9.17, 15) is 9.59 Å². The molecule has 1 aromatic heterocycles. The third-order valence-corrected chi connectivity index (χ3v) is 10.5. The van der Waals surface area contributed by atoms with Gasteiger partial charge in [0.25, 0.3) is 5.91 Å². The summed E-state index contributed by atoms with van der Waals surface area (Å²) < 4.78 is 2.18. The Labute approximate surface area is 259 Å². The number of likely N-dealkylation sites (N-methyl/N-ethyl adjacent to an activating group) is 1. The van der Waals surface area contributed by atoms with Crippen molar-refractivity contribution in [3.63, 3.8) is 0 Å². The molecular formula is C32H33N7O2S2. The molecule has 4 aromatic rings. The molecule has 0 radical (unpaired) electrons. The van der Waals surface area contributed by atoms with E-state index in [1.165, 1.54) is 15.8 Å². The molecule has 0 bridgehead atoms. The number of hydrogen-bond acceptors (Lipinski definition) is 9. The maximum atomic E-state index is 13.2. The third kappa shape index (κ3) is 5.48. The molecule has 7 rings (SSSR count). The molecule has 3 aliphatic heterocycles. The van der Waals surface area contributed by atoms with Gasteiger partial charge in [-0.2, -0.15) is 0 Å². The second kappa shape index (κ2) is 12.0. The van der Waals surface area contributed by atoms with Gasteiger partial charge in [0.1, 0.15) is 0 Å². The summed E-state index contributed by atoms with van der Waals surface area (Å²) in [6, 6.07) is 28.7. The lowest BCUT2D eigenvalue weighted by Gasteiger charge is -2.42. The molecule has 4 heterocycles. The lowest BCUT2D eigenvalue weighted by Crippen LogP contribution is -2.64. The topological polar surface area (TPSA) is 84.4 Å². The zero-order valence-electron chi connectivity index (χ0n) is 23.9. The third-order valence-electron chi connectivity index (χ3n) is 8.36. The number of thiazole rings is 1. The van der Waals surface area contributed by atoms with E-state index in [4.69, 9.17) is 9.98 Å². The number of nitrogens with zero attached hydrogens (tertiary/aromatic N) is 6. The molecule has 0 saturated carbocycles. The quantitative estimate of drug-likeness (QED) is 0.311. The number of thioether (sulfide) groups is 1. The maximum Gasteiger partial charge on any atom is 0.325 e. The van der Waals surface area contributed by atoms with Gasteiger partial charge in [-0.1, -0.05) is 84.6 Å². The fraction of sp³-hybridized carbons (Fsp3) is 0.312. The van der Waals surface area contributed by atoms with Crippen LogP contribution in [0.1, 0.15) is 17.2 Å². The number of carbonyl (C=O) groups is 2. The van der Waals surface area contributed by atoms with Crippen molar-refractivity contribution >= 4 is 51.2 Å². The van der Waals surface area contributed by atoms with Gasteiger partial charge in [-0.05, 0) is 23.3 Å². The van der Waals surface area contributed by atoms with Crippen LogP contribution in [0.5, 0.6) is 0 Å². The number of imide groups is 1. The molecule has 11 heteroatoms. The molecule has 220 valence electrons. The molecule has 43 heavy (non-hydrogen) atoms. The zero-order valence-corrected chi connectivity index (χ0v) is 25.5. The number of nitrogens with one attached hydrogen (secondary N) is 1. The van der Waals surface area contributed by atoms with Crippen LogP contribution in [-0.2, 0) is 4.79 Å². The van der Waals surface area contributed by atoms with E-state index < -0.39 is 18.2 Å². The molecule has 2 atom stereocenters. The first-order valence-corrected chi connectivity index (χ1v) is 16.4. The number of piperazine rings is 1. The summed E-state index contributed by atoms with van der Waals surface area (Å²) in [6.45, 7) is 3.85. The molecule has 3 aliphatic rings. The van der Waals surface area contributed by atoms with Gasteiger partial charge >= 0.3 is 6.03 Å². The van der Waals surface area contributed by atoms with E-state index in [0.717, 1.165) is 47.7 Å². The van der Waals surface area contributed by atoms with E-state index in [1.807, 2.05) is 18.2 Å². The van der Waals surface area contributed by atoms with Gasteiger partial charge in [0.15, 0.2) is 22.5 Å². The predicted octanol–water partition coefficient (Wildman–Crippen LogP) is 4.34. The molecule has 0 aliphatic carbocycles. The zero-order chi connectivity index (χ0) is 29.3. The monoisotopic (exact) mass is 611 g/mol. The summed E-state index contributed by atoms with van der Waals surface area (Å²) in [5.74, 6) is 1.26. The van der Waals surface area contributed by atoms with E-state index in [2.05, 4.69) is 86.7 Å². The minimum atomic E-state index is -0.548. The Hall–Kier alpha value is -3.93. The van der Waals surface area contributed by atoms with E-state index >= 15 is 0 Å². The Bertz CT molecular complexity index is 1570. The van der Waals surface area contributed by atoms with Crippen molar-refractivity contribution in [3.8, 4) is 0 Å². The van der Waals surface area contributed by atoms with Crippen molar-refractivity contribution < 1.29 is 9.59 Å². The van der Waals surface area contributed by atoms with Crippen LogP contribution in [-0.4, -0.2) is 100 Å². The maximum absolute atomic E-state index is 13.2. The fourth-order valence-electron chi connectivity index (χ4n) is 6.22. The second-order valence-corrected chi connectivity index (χ2v) is 13.3. The number of fused-ring (bicyclic) bond motifs is 2. The molecule has 1 N–H and O–H groups in total. The Morgan fingerprint density at radius 2 is 1.56 bits per heavy atom. The molecule has 3 amide bonds. The van der Waals surface area contributed by atoms with Gasteiger partial charge in [0, 0.05) is 45.5 Å². The predicted molar refractivity (Wildman–Crippen MR) is 171 cm³/mol. The summed E-state index contributed by atoms with van der Waals surface area (Å²) in [5.41, 5.74) is 3.56. The smallest absolute Gasteiger partial charge is 0.325 e. The number of carbonyl (C=O) groups excluding carboxylic acids is 2. The van der Waals surface area contributed by atoms with E-state index in [1.54, 1.807) is 35.0 Å². The van der Waals surface area contributed by atoms with Crippen LogP contribution in [0.15, 0.2) is 94.3 Å². The lowest BCUT2D eigenvalue weighted by molar-refractivity contribution is -0.127. The first-order chi connectivity index (χ1) is 21.1. The van der Waals surface area contributed by atoms with Crippen LogP contribution in [0.2, 0.25) is 0 Å². The van der Waals surface area contributed by atoms with Crippen LogP contribution >= 0.6 is 23.1 Å². The highest BCUT2D eigenvalue weighted by Gasteiger charge is 2.49. The van der Waals surface area contributed by atoms with Crippen LogP contribution in [0, 0.1) is 0 Å². The van der Waals surface area contributed by atoms with Gasteiger partial charge in [-0.3, -0.25) is 15.0 Å². The van der Waals surface area contributed by atoms with Gasteiger partial charge < -0.3 is 14.7 Å². The molecule has 9 nitrogen and oxygen atoms in total. The van der Waals surface area contributed by atoms with Crippen molar-refractivity contribution in [2.75, 3.05) is 45.5 Å². The van der Waals surface area contributed by atoms with Gasteiger partial charge in [0.05, 0.1) is 16.3 Å². The number of guanidine groups is 1. The number of rotatable bonds is 7. The van der Waals surface area contributed by atoms with Crippen LogP contribution in [0.4, 0.5) is 4.79 Å². The minimum Gasteiger partial charge on any atom is -0.340 e. The van der Waals surface area contributed by atoms with Crippen molar-refractivity contribution in [2.24, 2.45) is 4.99 Å². The van der Waals surface area contributed by atoms with Crippen molar-refractivity contribution in [3.05, 3.63) is 96.1 Å². The number of benzene rings is 3. The van der Waals surface area contributed by atoms with Crippen LogP contribution in [0.25, 0.3) is 10.2 Å². The first kappa shape index (κ1) is 27.9. The molecule has 2 unspecified atom stereocenters. The average Bonchev–Trinajstić information content (AvgIpc) is 3.64. The van der Waals surface area contributed by atoms with Crippen molar-refractivity contribution in [1.82, 2.24) is 29.9 Å². The number of aromatic nitrogens is 1. The summed E-state index contributed by atoms with van der Waals surface area (Å²) in [6.07, 6.45) is -0.539. The fourth-order valence-corrected chi connectivity index (χ4v) is 8.30. The molecular weight excluding hydrogens is 579 g/mol. The molecule has 2 fully saturated rings. The summed E-state index contributed by atoms with van der Waals surface area (Å²) >= 11 is 3.38. The van der Waals surface area contributed by atoms with Crippen LogP contribution in [0.3, 0.4) is 0 Å². The number of para-hydroxylation sites is 1. The Balaban J connectivity index is 1.09. The summed E-state index contributed by atoms with van der Waals surface area (Å²) in [7, 11) is 1.71. The largest absolute Gasteiger partial charge is 0.340 e. The van der Waals surface area contributed by atoms with E-state index in [0.29, 0.717) is 6.54 Å². The standard InChI is InChI=1S/C32H33N7O2S2/c1-36-28-27(29(40)35-31(36)41)39(20-21-42-32-33-24-14-8-9-15-25(24)43-32)30(34-28)38-18-16-37(17-19-38)26(22-10-4-2-5-11-22)23-12-6-3-7-13-23/h2-15,26-28H,16-21H2,1H3,(H,35,40,41). The SMILES string of the molecule is CN1C(=O)NC(=O)C2C1N=C(N1CCN(C(c3ccccc3)c3ccccc3)CC1)N2CCSc1nc2ccccc2s1. The number of aliphatic imine (C=N–C) groups is 1. The number of hydrogen-bond donors (Lipinski definition) is 1. The van der Waals surface area contributed by atoms with Gasteiger partial charge in [-0.25, -0.2) is 14.8 Å². The Morgan fingerprint density at radius 1 is 0.907 bits per heavy atom. The van der Waals surface area contributed by atoms with Gasteiger partial charge in [0.2, 0.25) is 0 Å². The number of amides is 3. The molecule has 3 aromatic carbocycles. The van der Waals surface area contributed by atoms with Crippen molar-refractivity contribution in [2.45, 2.75) is 22.6 Å².